The van der Waals surface area contributed by atoms with Crippen LogP contribution in [0.2, 0.25) is 0 Å². The van der Waals surface area contributed by atoms with Gasteiger partial charge in [-0.1, -0.05) is 36.4 Å². The lowest BCUT2D eigenvalue weighted by Crippen LogP contribution is -2.43. The van der Waals surface area contributed by atoms with Crippen LogP contribution in [-0.4, -0.2) is 40.4 Å². The summed E-state index contributed by atoms with van der Waals surface area (Å²) >= 11 is 0. The maximum Gasteiger partial charge on any atom is 0.242 e. The van der Waals surface area contributed by atoms with Crippen molar-refractivity contribution in [2.45, 2.75) is 38.8 Å². The monoisotopic (exact) mass is 390 g/mol. The highest BCUT2D eigenvalue weighted by Crippen LogP contribution is 2.24. The summed E-state index contributed by atoms with van der Waals surface area (Å²) in [5, 5.41) is 0.855. The number of nitrogens with zero attached hydrogens (tertiary/aromatic N) is 2. The molecule has 1 atom stereocenters. The van der Waals surface area contributed by atoms with Crippen LogP contribution < -0.4 is 4.74 Å². The zero-order chi connectivity index (χ0) is 20.2. The number of benzene rings is 2. The third kappa shape index (κ3) is 4.19. The van der Waals surface area contributed by atoms with Gasteiger partial charge >= 0.3 is 0 Å². The van der Waals surface area contributed by atoms with Crippen molar-refractivity contribution >= 4 is 22.6 Å². The second-order valence-corrected chi connectivity index (χ2v) is 7.64. The van der Waals surface area contributed by atoms with Crippen molar-refractivity contribution in [1.29, 1.82) is 0 Å². The molecule has 5 heteroatoms. The normalized spacial score (nSPS) is 16.7. The predicted molar refractivity (Wildman–Crippen MR) is 113 cm³/mol. The lowest BCUT2D eigenvalue weighted by Gasteiger charge is -2.33. The lowest BCUT2D eigenvalue weighted by molar-refractivity contribution is -0.135. The molecule has 5 nitrogen and oxygen atoms in total. The molecular formula is C24H26N2O3. The van der Waals surface area contributed by atoms with Gasteiger partial charge in [0.2, 0.25) is 11.7 Å². The number of carbonyl (C=O) groups excluding carboxylic acids is 2. The molecule has 0 radical (unpaired) electrons. The number of aromatic nitrogens is 1. The number of ether oxygens (including phenoxy) is 1. The molecule has 2 heterocycles. The van der Waals surface area contributed by atoms with Gasteiger partial charge in [-0.3, -0.25) is 9.59 Å². The Hall–Kier alpha value is -3.08. The van der Waals surface area contributed by atoms with Crippen LogP contribution in [-0.2, 0) is 11.3 Å². The van der Waals surface area contributed by atoms with Crippen molar-refractivity contribution in [3.63, 3.8) is 0 Å². The molecule has 4 rings (SSSR count). The van der Waals surface area contributed by atoms with Crippen molar-refractivity contribution < 1.29 is 14.3 Å². The molecule has 0 N–H and O–H groups in total. The fourth-order valence-corrected chi connectivity index (χ4v) is 4.05. The highest BCUT2D eigenvalue weighted by atomic mass is 16.5. The molecule has 29 heavy (non-hydrogen) atoms. The highest BCUT2D eigenvalue weighted by molar-refractivity contribution is 6.09. The van der Waals surface area contributed by atoms with Gasteiger partial charge in [0.25, 0.3) is 0 Å². The summed E-state index contributed by atoms with van der Waals surface area (Å²) in [5.41, 5.74) is 1.49. The van der Waals surface area contributed by atoms with E-state index >= 15 is 0 Å². The first kappa shape index (κ1) is 19.2. The van der Waals surface area contributed by atoms with E-state index in [9.17, 15) is 9.59 Å². The van der Waals surface area contributed by atoms with E-state index in [-0.39, 0.29) is 30.9 Å². The number of amides is 1. The number of Topliss-reactive ketones (excluding diaryl/α,β-unsaturated/α-hetero) is 1. The van der Waals surface area contributed by atoms with Crippen molar-refractivity contribution in [2.24, 2.45) is 0 Å². The molecule has 1 aliphatic heterocycles. The largest absolute Gasteiger partial charge is 0.485 e. The number of piperidine rings is 1. The van der Waals surface area contributed by atoms with Gasteiger partial charge in [-0.15, -0.1) is 0 Å². The Morgan fingerprint density at radius 1 is 1.03 bits per heavy atom. The van der Waals surface area contributed by atoms with Crippen LogP contribution in [0.4, 0.5) is 0 Å². The number of para-hydroxylation sites is 2. The first-order chi connectivity index (χ1) is 14.1. The van der Waals surface area contributed by atoms with Crippen LogP contribution in [0.15, 0.2) is 60.8 Å². The van der Waals surface area contributed by atoms with E-state index in [0.29, 0.717) is 11.3 Å². The van der Waals surface area contributed by atoms with E-state index < -0.39 is 0 Å². The first-order valence-corrected chi connectivity index (χ1v) is 10.2. The van der Waals surface area contributed by atoms with Crippen LogP contribution in [0.5, 0.6) is 5.75 Å². The van der Waals surface area contributed by atoms with Crippen molar-refractivity contribution in [3.8, 4) is 5.75 Å². The summed E-state index contributed by atoms with van der Waals surface area (Å²) in [6.07, 6.45) is 5.09. The summed E-state index contributed by atoms with van der Waals surface area (Å²) in [6, 6.07) is 17.3. The molecule has 3 aromatic rings. The molecule has 2 aromatic carbocycles. The minimum atomic E-state index is -0.0948. The molecule has 1 amide bonds. The van der Waals surface area contributed by atoms with Gasteiger partial charge in [0.1, 0.15) is 12.3 Å². The zero-order valence-corrected chi connectivity index (χ0v) is 16.7. The number of rotatable bonds is 6. The molecule has 1 aromatic heterocycles. The third-order valence-electron chi connectivity index (χ3n) is 5.63. The average Bonchev–Trinajstić information content (AvgIpc) is 3.11. The smallest absolute Gasteiger partial charge is 0.242 e. The quantitative estimate of drug-likeness (QED) is 0.590. The zero-order valence-electron chi connectivity index (χ0n) is 16.7. The number of hydrogen-bond donors (Lipinski definition) is 0. The van der Waals surface area contributed by atoms with Crippen LogP contribution >= 0.6 is 0 Å². The number of likely N-dealkylation sites (tertiary alicyclic amines) is 1. The van der Waals surface area contributed by atoms with Crippen LogP contribution in [0.1, 0.15) is 36.5 Å². The molecule has 1 fully saturated rings. The van der Waals surface area contributed by atoms with Gasteiger partial charge in [0.05, 0.1) is 0 Å². The van der Waals surface area contributed by atoms with Gasteiger partial charge in [-0.05, 0) is 44.4 Å². The molecular weight excluding hydrogens is 364 g/mol. The molecule has 0 unspecified atom stereocenters. The van der Waals surface area contributed by atoms with E-state index in [1.807, 2.05) is 64.1 Å². The molecule has 1 saturated heterocycles. The van der Waals surface area contributed by atoms with Gasteiger partial charge in [-0.25, -0.2) is 0 Å². The van der Waals surface area contributed by atoms with Gasteiger partial charge < -0.3 is 14.2 Å². The predicted octanol–water partition coefficient (Wildman–Crippen LogP) is 4.30. The molecule has 0 bridgehead atoms. The van der Waals surface area contributed by atoms with Crippen LogP contribution in [0.25, 0.3) is 10.9 Å². The van der Waals surface area contributed by atoms with E-state index in [0.717, 1.165) is 30.3 Å². The number of hydrogen-bond acceptors (Lipinski definition) is 3. The van der Waals surface area contributed by atoms with E-state index in [2.05, 4.69) is 6.92 Å². The SMILES string of the molecule is C[C@@H]1CCCCN1C(=O)Cn1cc(C(=O)COc2ccccc2)c2ccccc21. The highest BCUT2D eigenvalue weighted by Gasteiger charge is 2.24. The van der Waals surface area contributed by atoms with Crippen LogP contribution in [0, 0.1) is 0 Å². The average molecular weight is 390 g/mol. The van der Waals surface area contributed by atoms with Crippen molar-refractivity contribution in [3.05, 3.63) is 66.4 Å². The summed E-state index contributed by atoms with van der Waals surface area (Å²) in [6.45, 7) is 3.14. The number of fused-ring (bicyclic) bond motifs is 1. The fraction of sp³-hybridized carbons (Fsp3) is 0.333. The number of ketones is 1. The molecule has 150 valence electrons. The van der Waals surface area contributed by atoms with Gasteiger partial charge in [0.15, 0.2) is 6.61 Å². The molecule has 0 spiro atoms. The Kier molecular flexibility index (Phi) is 5.65. The topological polar surface area (TPSA) is 51.5 Å². The molecule has 0 saturated carbocycles. The van der Waals surface area contributed by atoms with E-state index in [1.165, 1.54) is 6.42 Å². The Bertz CT molecular complexity index is 1010. The fourth-order valence-electron chi connectivity index (χ4n) is 4.05. The van der Waals surface area contributed by atoms with Crippen molar-refractivity contribution in [1.82, 2.24) is 9.47 Å². The Balaban J connectivity index is 1.54. The molecule has 0 aliphatic carbocycles. The Morgan fingerprint density at radius 3 is 2.59 bits per heavy atom. The van der Waals surface area contributed by atoms with E-state index in [1.54, 1.807) is 6.20 Å². The maximum atomic E-state index is 12.9. The van der Waals surface area contributed by atoms with Gasteiger partial charge in [0, 0.05) is 35.2 Å². The second-order valence-electron chi connectivity index (χ2n) is 7.64. The second kappa shape index (κ2) is 8.52. The maximum absolute atomic E-state index is 12.9. The summed E-state index contributed by atoms with van der Waals surface area (Å²) in [5.74, 6) is 0.680. The summed E-state index contributed by atoms with van der Waals surface area (Å²) in [4.78, 5) is 27.7. The Morgan fingerprint density at radius 2 is 1.79 bits per heavy atom. The molecule has 1 aliphatic rings. The summed E-state index contributed by atoms with van der Waals surface area (Å²) < 4.78 is 7.53. The van der Waals surface area contributed by atoms with Crippen LogP contribution in [0.3, 0.4) is 0 Å². The third-order valence-corrected chi connectivity index (χ3v) is 5.63. The summed E-state index contributed by atoms with van der Waals surface area (Å²) in [7, 11) is 0. The minimum absolute atomic E-state index is 0.0326. The first-order valence-electron chi connectivity index (χ1n) is 10.2. The number of carbonyl (C=O) groups is 2. The Labute approximate surface area is 170 Å². The lowest BCUT2D eigenvalue weighted by atomic mass is 10.0. The van der Waals surface area contributed by atoms with E-state index in [4.69, 9.17) is 4.74 Å². The standard InChI is InChI=1S/C24H26N2O3/c1-18-9-7-8-14-26(18)24(28)16-25-15-21(20-12-5-6-13-22(20)25)23(27)17-29-19-10-3-2-4-11-19/h2-6,10-13,15,18H,7-9,14,16-17H2,1H3/t18-/m1/s1. The van der Waals surface area contributed by atoms with Gasteiger partial charge in [-0.2, -0.15) is 0 Å². The minimum Gasteiger partial charge on any atom is -0.485 e. The van der Waals surface area contributed by atoms with Crippen molar-refractivity contribution in [2.75, 3.05) is 13.2 Å².